The van der Waals surface area contributed by atoms with Gasteiger partial charge in [0.25, 0.3) is 0 Å². The Hall–Kier alpha value is -1.93. The molecule has 3 rings (SSSR count). The molecule has 148 valence electrons. The van der Waals surface area contributed by atoms with Gasteiger partial charge < -0.3 is 14.7 Å². The van der Waals surface area contributed by atoms with Gasteiger partial charge in [0, 0.05) is 50.7 Å². The molecular weight excluding hydrogens is 360 g/mol. The molecule has 0 atom stereocenters. The summed E-state index contributed by atoms with van der Waals surface area (Å²) in [5, 5.41) is 8.70. The molecule has 0 saturated carbocycles. The molecule has 1 aliphatic rings. The number of aliphatic imine (C=N–C) groups is 1. The van der Waals surface area contributed by atoms with E-state index < -0.39 is 0 Å². The van der Waals surface area contributed by atoms with Gasteiger partial charge in [-0.25, -0.2) is 4.98 Å². The zero-order chi connectivity index (χ0) is 19.4. The van der Waals surface area contributed by atoms with Crippen molar-refractivity contribution in [3.8, 4) is 0 Å². The number of hydrogen-bond acceptors (Lipinski definition) is 6. The van der Waals surface area contributed by atoms with E-state index in [1.165, 1.54) is 10.6 Å². The van der Waals surface area contributed by atoms with Crippen LogP contribution in [0.5, 0.6) is 0 Å². The lowest BCUT2D eigenvalue weighted by molar-refractivity contribution is 0.169. The highest BCUT2D eigenvalue weighted by Crippen LogP contribution is 2.24. The Kier molecular flexibility index (Phi) is 6.49. The van der Waals surface area contributed by atoms with E-state index in [1.807, 2.05) is 20.0 Å². The van der Waals surface area contributed by atoms with Crippen LogP contribution in [0.4, 0.5) is 0 Å². The molecule has 0 bridgehead atoms. The first-order valence-corrected chi connectivity index (χ1v) is 10.3. The molecule has 7 nitrogen and oxygen atoms in total. The highest BCUT2D eigenvalue weighted by molar-refractivity contribution is 7.11. The van der Waals surface area contributed by atoms with Gasteiger partial charge in [0.2, 0.25) is 0 Å². The molecule has 2 aromatic heterocycles. The van der Waals surface area contributed by atoms with Gasteiger partial charge in [0.1, 0.15) is 10.8 Å². The van der Waals surface area contributed by atoms with Gasteiger partial charge >= 0.3 is 0 Å². The predicted molar refractivity (Wildman–Crippen MR) is 109 cm³/mol. The maximum atomic E-state index is 5.16. The van der Waals surface area contributed by atoms with Gasteiger partial charge in [-0.05, 0) is 19.8 Å². The normalized spacial score (nSPS) is 16.4. The quantitative estimate of drug-likeness (QED) is 0.625. The van der Waals surface area contributed by atoms with Gasteiger partial charge in [-0.15, -0.1) is 11.3 Å². The van der Waals surface area contributed by atoms with Crippen LogP contribution in [-0.2, 0) is 13.1 Å². The SMILES string of the molecule is CN=C(NCc1nc(C(C)C)c(C)s1)N1CCN(Cc2cc(C)on2)CC1. The lowest BCUT2D eigenvalue weighted by atomic mass is 10.1. The molecule has 8 heteroatoms. The van der Waals surface area contributed by atoms with E-state index in [1.54, 1.807) is 11.3 Å². The van der Waals surface area contributed by atoms with Crippen LogP contribution >= 0.6 is 11.3 Å². The fourth-order valence-electron chi connectivity index (χ4n) is 3.40. The molecule has 0 radical (unpaired) electrons. The van der Waals surface area contributed by atoms with Crippen molar-refractivity contribution >= 4 is 17.3 Å². The lowest BCUT2D eigenvalue weighted by Crippen LogP contribution is -2.52. The van der Waals surface area contributed by atoms with Gasteiger partial charge in [-0.1, -0.05) is 19.0 Å². The van der Waals surface area contributed by atoms with E-state index in [2.05, 4.69) is 46.0 Å². The molecule has 0 aromatic carbocycles. The van der Waals surface area contributed by atoms with Crippen LogP contribution in [0.1, 0.15) is 46.8 Å². The maximum absolute atomic E-state index is 5.16. The summed E-state index contributed by atoms with van der Waals surface area (Å²) in [6, 6.07) is 2.01. The molecule has 1 saturated heterocycles. The van der Waals surface area contributed by atoms with Crippen molar-refractivity contribution < 1.29 is 4.52 Å². The number of nitrogens with one attached hydrogen (secondary N) is 1. The zero-order valence-corrected chi connectivity index (χ0v) is 17.8. The fraction of sp³-hybridized carbons (Fsp3) is 0.632. The van der Waals surface area contributed by atoms with E-state index in [-0.39, 0.29) is 0 Å². The Labute approximate surface area is 165 Å². The third-order valence-electron chi connectivity index (χ3n) is 4.77. The second-order valence-electron chi connectivity index (χ2n) is 7.30. The second kappa shape index (κ2) is 8.84. The minimum absolute atomic E-state index is 0.468. The van der Waals surface area contributed by atoms with E-state index in [9.17, 15) is 0 Å². The summed E-state index contributed by atoms with van der Waals surface area (Å²) < 4.78 is 5.16. The van der Waals surface area contributed by atoms with Crippen LogP contribution in [0, 0.1) is 13.8 Å². The molecule has 0 unspecified atom stereocenters. The topological polar surface area (TPSA) is 69.8 Å². The number of hydrogen-bond donors (Lipinski definition) is 1. The molecule has 1 fully saturated rings. The summed E-state index contributed by atoms with van der Waals surface area (Å²) in [5.41, 5.74) is 2.21. The van der Waals surface area contributed by atoms with E-state index in [0.29, 0.717) is 5.92 Å². The Morgan fingerprint density at radius 2 is 2.04 bits per heavy atom. The average molecular weight is 391 g/mol. The molecule has 0 spiro atoms. The van der Waals surface area contributed by atoms with Crippen LogP contribution in [-0.4, -0.2) is 59.1 Å². The number of piperazine rings is 1. The third-order valence-corrected chi connectivity index (χ3v) is 5.75. The van der Waals surface area contributed by atoms with Crippen LogP contribution in [0.25, 0.3) is 0 Å². The number of nitrogens with zero attached hydrogens (tertiary/aromatic N) is 5. The first kappa shape index (κ1) is 19.8. The molecule has 1 N–H and O–H groups in total. The van der Waals surface area contributed by atoms with Crippen molar-refractivity contribution in [1.29, 1.82) is 0 Å². The first-order valence-electron chi connectivity index (χ1n) is 9.52. The Balaban J connectivity index is 1.49. The lowest BCUT2D eigenvalue weighted by Gasteiger charge is -2.36. The summed E-state index contributed by atoms with van der Waals surface area (Å²) in [6.45, 7) is 13.9. The van der Waals surface area contributed by atoms with Crippen LogP contribution in [0.15, 0.2) is 15.6 Å². The van der Waals surface area contributed by atoms with Crippen molar-refractivity contribution in [3.63, 3.8) is 0 Å². The van der Waals surface area contributed by atoms with Crippen molar-refractivity contribution in [2.75, 3.05) is 33.2 Å². The molecule has 0 amide bonds. The zero-order valence-electron chi connectivity index (χ0n) is 16.9. The monoisotopic (exact) mass is 390 g/mol. The average Bonchev–Trinajstić information content (AvgIpc) is 3.22. The second-order valence-corrected chi connectivity index (χ2v) is 8.58. The van der Waals surface area contributed by atoms with Crippen LogP contribution in [0.2, 0.25) is 0 Å². The smallest absolute Gasteiger partial charge is 0.194 e. The van der Waals surface area contributed by atoms with Crippen molar-refractivity contribution in [3.05, 3.63) is 33.1 Å². The van der Waals surface area contributed by atoms with Crippen LogP contribution < -0.4 is 5.32 Å². The summed E-state index contributed by atoms with van der Waals surface area (Å²) in [7, 11) is 1.85. The molecular formula is C19H30N6OS. The van der Waals surface area contributed by atoms with E-state index in [0.717, 1.165) is 61.7 Å². The number of thiazole rings is 1. The predicted octanol–water partition coefficient (Wildman–Crippen LogP) is 2.76. The fourth-order valence-corrected chi connectivity index (χ4v) is 4.43. The number of guanidine groups is 1. The van der Waals surface area contributed by atoms with Crippen molar-refractivity contribution in [2.24, 2.45) is 4.99 Å². The first-order chi connectivity index (χ1) is 13.0. The Morgan fingerprint density at radius 1 is 1.30 bits per heavy atom. The van der Waals surface area contributed by atoms with Gasteiger partial charge in [0.15, 0.2) is 5.96 Å². The maximum Gasteiger partial charge on any atom is 0.194 e. The minimum Gasteiger partial charge on any atom is -0.361 e. The van der Waals surface area contributed by atoms with E-state index >= 15 is 0 Å². The Bertz CT molecular complexity index is 773. The molecule has 3 heterocycles. The Morgan fingerprint density at radius 3 is 2.59 bits per heavy atom. The molecule has 1 aliphatic heterocycles. The minimum atomic E-state index is 0.468. The molecule has 27 heavy (non-hydrogen) atoms. The largest absolute Gasteiger partial charge is 0.361 e. The van der Waals surface area contributed by atoms with Gasteiger partial charge in [0.05, 0.1) is 17.9 Å². The molecule has 2 aromatic rings. The summed E-state index contributed by atoms with van der Waals surface area (Å²) >= 11 is 1.77. The summed E-state index contributed by atoms with van der Waals surface area (Å²) in [4.78, 5) is 15.3. The highest BCUT2D eigenvalue weighted by atomic mass is 32.1. The summed E-state index contributed by atoms with van der Waals surface area (Å²) in [5.74, 6) is 2.29. The molecule has 0 aliphatic carbocycles. The van der Waals surface area contributed by atoms with Gasteiger partial charge in [-0.2, -0.15) is 0 Å². The van der Waals surface area contributed by atoms with Crippen molar-refractivity contribution in [1.82, 2.24) is 25.3 Å². The number of aromatic nitrogens is 2. The number of aryl methyl sites for hydroxylation is 2. The highest BCUT2D eigenvalue weighted by Gasteiger charge is 2.21. The standard InChI is InChI=1S/C19H30N6OS/c1-13(2)18-15(4)27-17(22-18)11-21-19(20-5)25-8-6-24(7-9-25)12-16-10-14(3)26-23-16/h10,13H,6-9,11-12H2,1-5H3,(H,20,21). The van der Waals surface area contributed by atoms with Crippen molar-refractivity contribution in [2.45, 2.75) is 46.7 Å². The van der Waals surface area contributed by atoms with E-state index in [4.69, 9.17) is 9.51 Å². The third kappa shape index (κ3) is 5.07. The van der Waals surface area contributed by atoms with Gasteiger partial charge in [-0.3, -0.25) is 9.89 Å². The number of rotatable bonds is 5. The summed E-state index contributed by atoms with van der Waals surface area (Å²) in [6.07, 6.45) is 0. The van der Waals surface area contributed by atoms with Crippen LogP contribution in [0.3, 0.4) is 0 Å².